The van der Waals surface area contributed by atoms with Crippen molar-refractivity contribution in [2.75, 3.05) is 13.1 Å². The Kier molecular flexibility index (Phi) is 5.24. The minimum atomic E-state index is -4.13. The second-order valence-corrected chi connectivity index (χ2v) is 2.78. The zero-order valence-electron chi connectivity index (χ0n) is 6.99. The number of hydrogen-bond acceptors (Lipinski definition) is 2. The van der Waals surface area contributed by atoms with Gasteiger partial charge in [-0.25, -0.2) is 0 Å². The van der Waals surface area contributed by atoms with E-state index in [1.165, 1.54) is 0 Å². The fourth-order valence-corrected chi connectivity index (χ4v) is 0.753. The summed E-state index contributed by atoms with van der Waals surface area (Å²) >= 11 is 0. The second-order valence-electron chi connectivity index (χ2n) is 2.78. The van der Waals surface area contributed by atoms with E-state index in [0.29, 0.717) is 19.4 Å². The zero-order chi connectivity index (χ0) is 9.61. The summed E-state index contributed by atoms with van der Waals surface area (Å²) in [5.41, 5.74) is 0. The molecule has 0 heterocycles. The van der Waals surface area contributed by atoms with E-state index in [4.69, 9.17) is 5.11 Å². The Hall–Kier alpha value is -0.290. The molecule has 74 valence electrons. The number of alkyl halides is 3. The SMILES string of the molecule is CC(O)CCCNCC(F)(F)F. The minimum Gasteiger partial charge on any atom is -0.393 e. The van der Waals surface area contributed by atoms with Crippen LogP contribution in [0.2, 0.25) is 0 Å². The first-order valence-electron chi connectivity index (χ1n) is 3.87. The molecule has 0 aromatic heterocycles. The lowest BCUT2D eigenvalue weighted by Gasteiger charge is -2.08. The summed E-state index contributed by atoms with van der Waals surface area (Å²) in [4.78, 5) is 0. The van der Waals surface area contributed by atoms with Crippen molar-refractivity contribution >= 4 is 0 Å². The van der Waals surface area contributed by atoms with Crippen molar-refractivity contribution < 1.29 is 18.3 Å². The molecule has 0 aliphatic carbocycles. The van der Waals surface area contributed by atoms with Gasteiger partial charge < -0.3 is 10.4 Å². The average molecular weight is 185 g/mol. The van der Waals surface area contributed by atoms with Crippen molar-refractivity contribution in [1.82, 2.24) is 5.32 Å². The number of halogens is 3. The third-order valence-electron chi connectivity index (χ3n) is 1.30. The molecule has 5 heteroatoms. The molecule has 0 saturated heterocycles. The van der Waals surface area contributed by atoms with E-state index < -0.39 is 18.8 Å². The molecule has 0 saturated carbocycles. The smallest absolute Gasteiger partial charge is 0.393 e. The number of aliphatic hydroxyl groups is 1. The highest BCUT2D eigenvalue weighted by Crippen LogP contribution is 2.12. The zero-order valence-corrected chi connectivity index (χ0v) is 6.99. The van der Waals surface area contributed by atoms with Crippen LogP contribution in [0, 0.1) is 0 Å². The first kappa shape index (κ1) is 11.7. The first-order chi connectivity index (χ1) is 5.42. The van der Waals surface area contributed by atoms with Gasteiger partial charge in [0.05, 0.1) is 12.6 Å². The Morgan fingerprint density at radius 3 is 2.42 bits per heavy atom. The molecule has 0 bridgehead atoms. The van der Waals surface area contributed by atoms with E-state index >= 15 is 0 Å². The van der Waals surface area contributed by atoms with Gasteiger partial charge >= 0.3 is 6.18 Å². The molecular weight excluding hydrogens is 171 g/mol. The molecule has 0 amide bonds. The van der Waals surface area contributed by atoms with E-state index in [2.05, 4.69) is 5.32 Å². The average Bonchev–Trinajstić information content (AvgIpc) is 1.83. The maximum Gasteiger partial charge on any atom is 0.401 e. The normalized spacial score (nSPS) is 14.8. The number of rotatable bonds is 5. The molecule has 1 unspecified atom stereocenters. The van der Waals surface area contributed by atoms with E-state index in [1.54, 1.807) is 6.92 Å². The fourth-order valence-electron chi connectivity index (χ4n) is 0.753. The van der Waals surface area contributed by atoms with Crippen LogP contribution < -0.4 is 5.32 Å². The van der Waals surface area contributed by atoms with Crippen molar-refractivity contribution in [3.63, 3.8) is 0 Å². The molecule has 0 aliphatic rings. The molecule has 0 fully saturated rings. The molecule has 0 rings (SSSR count). The third kappa shape index (κ3) is 9.71. The van der Waals surface area contributed by atoms with Crippen LogP contribution in [-0.2, 0) is 0 Å². The lowest BCUT2D eigenvalue weighted by atomic mass is 10.2. The van der Waals surface area contributed by atoms with Gasteiger partial charge in [0, 0.05) is 0 Å². The highest BCUT2D eigenvalue weighted by Gasteiger charge is 2.25. The quantitative estimate of drug-likeness (QED) is 0.633. The maximum absolute atomic E-state index is 11.5. The van der Waals surface area contributed by atoms with E-state index in [1.807, 2.05) is 0 Å². The summed E-state index contributed by atoms with van der Waals surface area (Å²) in [5, 5.41) is 11.0. The summed E-state index contributed by atoms with van der Waals surface area (Å²) < 4.78 is 34.6. The Balaban J connectivity index is 3.12. The van der Waals surface area contributed by atoms with Crippen LogP contribution in [0.15, 0.2) is 0 Å². The molecule has 2 N–H and O–H groups in total. The molecule has 0 aliphatic heterocycles. The van der Waals surface area contributed by atoms with Gasteiger partial charge in [-0.15, -0.1) is 0 Å². The number of aliphatic hydroxyl groups excluding tert-OH is 1. The van der Waals surface area contributed by atoms with Crippen LogP contribution in [0.3, 0.4) is 0 Å². The predicted molar refractivity (Wildman–Crippen MR) is 39.8 cm³/mol. The molecule has 0 radical (unpaired) electrons. The van der Waals surface area contributed by atoms with E-state index in [-0.39, 0.29) is 0 Å². The summed E-state index contributed by atoms with van der Waals surface area (Å²) in [5.74, 6) is 0. The first-order valence-corrected chi connectivity index (χ1v) is 3.87. The van der Waals surface area contributed by atoms with Crippen molar-refractivity contribution in [3.05, 3.63) is 0 Å². The Labute approximate surface area is 69.8 Å². The predicted octanol–water partition coefficient (Wildman–Crippen LogP) is 1.30. The molecule has 0 aromatic carbocycles. The number of nitrogens with one attached hydrogen (secondary N) is 1. The minimum absolute atomic E-state index is 0.296. The van der Waals surface area contributed by atoms with E-state index in [0.717, 1.165) is 0 Å². The van der Waals surface area contributed by atoms with Crippen molar-refractivity contribution in [2.24, 2.45) is 0 Å². The molecule has 2 nitrogen and oxygen atoms in total. The van der Waals surface area contributed by atoms with Gasteiger partial charge in [0.1, 0.15) is 0 Å². The Bertz CT molecular complexity index is 114. The van der Waals surface area contributed by atoms with Crippen LogP contribution in [0.4, 0.5) is 13.2 Å². The molecule has 1 atom stereocenters. The Morgan fingerprint density at radius 1 is 1.42 bits per heavy atom. The summed E-state index contributed by atoms with van der Waals surface area (Å²) in [6.07, 6.45) is -3.47. The topological polar surface area (TPSA) is 32.3 Å². The summed E-state index contributed by atoms with van der Waals surface area (Å²) in [6.45, 7) is 0.959. The molecule has 12 heavy (non-hydrogen) atoms. The van der Waals surface area contributed by atoms with Crippen LogP contribution in [0.25, 0.3) is 0 Å². The van der Waals surface area contributed by atoms with Gasteiger partial charge in [-0.05, 0) is 26.3 Å². The highest BCUT2D eigenvalue weighted by atomic mass is 19.4. The van der Waals surface area contributed by atoms with Gasteiger partial charge in [0.25, 0.3) is 0 Å². The van der Waals surface area contributed by atoms with Crippen LogP contribution in [-0.4, -0.2) is 30.5 Å². The van der Waals surface area contributed by atoms with Crippen LogP contribution in [0.5, 0.6) is 0 Å². The highest BCUT2D eigenvalue weighted by molar-refractivity contribution is 4.56. The lowest BCUT2D eigenvalue weighted by Crippen LogP contribution is -2.29. The Morgan fingerprint density at radius 2 is 2.00 bits per heavy atom. The molecule has 0 spiro atoms. The third-order valence-corrected chi connectivity index (χ3v) is 1.30. The van der Waals surface area contributed by atoms with Gasteiger partial charge in [-0.2, -0.15) is 13.2 Å². The van der Waals surface area contributed by atoms with Gasteiger partial charge in [-0.3, -0.25) is 0 Å². The second kappa shape index (κ2) is 5.37. The maximum atomic E-state index is 11.5. The fraction of sp³-hybridized carbons (Fsp3) is 1.00. The molecule has 0 aromatic rings. The summed E-state index contributed by atoms with van der Waals surface area (Å²) in [7, 11) is 0. The van der Waals surface area contributed by atoms with Crippen molar-refractivity contribution in [1.29, 1.82) is 0 Å². The lowest BCUT2D eigenvalue weighted by molar-refractivity contribution is -0.124. The van der Waals surface area contributed by atoms with Crippen LogP contribution >= 0.6 is 0 Å². The van der Waals surface area contributed by atoms with Crippen molar-refractivity contribution in [2.45, 2.75) is 32.0 Å². The van der Waals surface area contributed by atoms with E-state index in [9.17, 15) is 13.2 Å². The van der Waals surface area contributed by atoms with Gasteiger partial charge in [0.15, 0.2) is 0 Å². The van der Waals surface area contributed by atoms with Gasteiger partial charge in [0.2, 0.25) is 0 Å². The summed E-state index contributed by atoms with van der Waals surface area (Å²) in [6, 6.07) is 0. The largest absolute Gasteiger partial charge is 0.401 e. The van der Waals surface area contributed by atoms with Crippen molar-refractivity contribution in [3.8, 4) is 0 Å². The standard InChI is InChI=1S/C7H14F3NO/c1-6(12)3-2-4-11-5-7(8,9)10/h6,11-12H,2-5H2,1H3. The van der Waals surface area contributed by atoms with Gasteiger partial charge in [-0.1, -0.05) is 0 Å². The monoisotopic (exact) mass is 185 g/mol. The molecular formula is C7H14F3NO. The number of hydrogen-bond donors (Lipinski definition) is 2. The van der Waals surface area contributed by atoms with Crippen LogP contribution in [0.1, 0.15) is 19.8 Å².